The fourth-order valence-corrected chi connectivity index (χ4v) is 1.93. The molecule has 0 bridgehead atoms. The second kappa shape index (κ2) is 9.96. The van der Waals surface area contributed by atoms with Crippen LogP contribution < -0.4 is 10.6 Å². The van der Waals surface area contributed by atoms with Crippen molar-refractivity contribution in [1.82, 2.24) is 10.6 Å². The Balaban J connectivity index is 4.99. The number of hydrogen-bond donors (Lipinski definition) is 3. The molecule has 0 aliphatic carbocycles. The van der Waals surface area contributed by atoms with Gasteiger partial charge in [0.1, 0.15) is 6.04 Å². The minimum absolute atomic E-state index is 0.695. The van der Waals surface area contributed by atoms with Crippen molar-refractivity contribution in [2.45, 2.75) is 61.3 Å². The summed E-state index contributed by atoms with van der Waals surface area (Å²) in [4.78, 5) is 33.0. The second-order valence-corrected chi connectivity index (χ2v) is 6.41. The molecule has 0 fully saturated rings. The number of hydrogen-bond acceptors (Lipinski definition) is 3. The number of amides is 2. The number of alkyl halides is 14. The van der Waals surface area contributed by atoms with Crippen molar-refractivity contribution >= 4 is 17.8 Å². The van der Waals surface area contributed by atoms with E-state index in [0.717, 1.165) is 5.32 Å². The Labute approximate surface area is 178 Å². The van der Waals surface area contributed by atoms with Gasteiger partial charge in [0.05, 0.1) is 0 Å². The molecule has 0 saturated heterocycles. The minimum atomic E-state index is -6.91. The molecule has 0 rings (SSSR count). The van der Waals surface area contributed by atoms with Gasteiger partial charge in [-0.3, -0.25) is 9.59 Å². The second-order valence-electron chi connectivity index (χ2n) is 6.41. The van der Waals surface area contributed by atoms with Gasteiger partial charge in [-0.25, -0.2) is 4.79 Å². The van der Waals surface area contributed by atoms with Gasteiger partial charge in [-0.05, 0) is 19.3 Å². The first-order valence-corrected chi connectivity index (χ1v) is 8.32. The summed E-state index contributed by atoms with van der Waals surface area (Å²) in [5.41, 5.74) is 0. The van der Waals surface area contributed by atoms with Crippen molar-refractivity contribution in [2.75, 3.05) is 6.54 Å². The maximum atomic E-state index is 13.2. The average Bonchev–Trinajstić information content (AvgIpc) is 2.63. The standard InChI is InChI=1S/C14H12F14N2O4/c15-9(16,11(19,20)13(23,24)25)7(33)29-4-2-1-3-5(6(31)32)30-8(34)10(17,18)12(21,22)14(26,27)28/h5H,1-4H2,(H,29,33)(H,30,34)(H,31,32)/t5-/m1/s1. The number of aliphatic carboxylic acids is 1. The summed E-state index contributed by atoms with van der Waals surface area (Å²) in [5, 5.41) is 10.4. The van der Waals surface area contributed by atoms with Crippen LogP contribution in [0.3, 0.4) is 0 Å². The number of carboxylic acids is 1. The van der Waals surface area contributed by atoms with Crippen LogP contribution in [-0.2, 0) is 14.4 Å². The third-order valence-corrected chi connectivity index (χ3v) is 3.88. The van der Waals surface area contributed by atoms with E-state index in [-0.39, 0.29) is 0 Å². The zero-order chi connectivity index (χ0) is 27.6. The Morgan fingerprint density at radius 1 is 0.647 bits per heavy atom. The minimum Gasteiger partial charge on any atom is -0.480 e. The molecule has 0 spiro atoms. The number of carboxylic acid groups (broad SMARTS) is 1. The number of carbonyl (C=O) groups is 3. The van der Waals surface area contributed by atoms with E-state index in [2.05, 4.69) is 0 Å². The maximum Gasteiger partial charge on any atom is 0.460 e. The van der Waals surface area contributed by atoms with Crippen molar-refractivity contribution < 1.29 is 81.0 Å². The molecule has 0 unspecified atom stereocenters. The predicted octanol–water partition coefficient (Wildman–Crippen LogP) is 3.51. The van der Waals surface area contributed by atoms with Gasteiger partial charge in [-0.2, -0.15) is 61.5 Å². The number of halogens is 14. The molecule has 0 aliphatic heterocycles. The lowest BCUT2D eigenvalue weighted by Crippen LogP contribution is -2.61. The molecule has 3 N–H and O–H groups in total. The van der Waals surface area contributed by atoms with Crippen LogP contribution in [0.5, 0.6) is 0 Å². The molecular weight excluding hydrogens is 526 g/mol. The fraction of sp³-hybridized carbons (Fsp3) is 0.786. The van der Waals surface area contributed by atoms with Gasteiger partial charge in [0.15, 0.2) is 0 Å². The first-order chi connectivity index (χ1) is 14.9. The molecule has 0 radical (unpaired) electrons. The molecule has 1 atom stereocenters. The van der Waals surface area contributed by atoms with Crippen LogP contribution in [0, 0.1) is 0 Å². The maximum absolute atomic E-state index is 13.2. The van der Waals surface area contributed by atoms with Crippen LogP contribution in [0.2, 0.25) is 0 Å². The molecule has 0 aliphatic rings. The highest BCUT2D eigenvalue weighted by Gasteiger charge is 2.77. The zero-order valence-electron chi connectivity index (χ0n) is 15.9. The number of nitrogens with one attached hydrogen (secondary N) is 2. The molecule has 2 amide bonds. The van der Waals surface area contributed by atoms with Crippen molar-refractivity contribution in [1.29, 1.82) is 0 Å². The SMILES string of the molecule is O=C(O)[C@@H](CCCCNC(=O)C(F)(F)C(F)(F)C(F)(F)F)NC(=O)C(F)(F)C(F)(F)C(F)(F)F. The highest BCUT2D eigenvalue weighted by molar-refractivity contribution is 5.89. The van der Waals surface area contributed by atoms with Gasteiger partial charge in [0.2, 0.25) is 0 Å². The summed E-state index contributed by atoms with van der Waals surface area (Å²) in [7, 11) is 0. The van der Waals surface area contributed by atoms with Crippen molar-refractivity contribution in [2.24, 2.45) is 0 Å². The smallest absolute Gasteiger partial charge is 0.460 e. The third kappa shape index (κ3) is 6.30. The van der Waals surface area contributed by atoms with Crippen LogP contribution in [0.25, 0.3) is 0 Å². The Morgan fingerprint density at radius 2 is 1.03 bits per heavy atom. The molecule has 200 valence electrons. The first kappa shape index (κ1) is 31.4. The molecule has 0 aromatic carbocycles. The lowest BCUT2D eigenvalue weighted by Gasteiger charge is -2.28. The van der Waals surface area contributed by atoms with E-state index in [4.69, 9.17) is 5.11 Å². The Morgan fingerprint density at radius 3 is 1.38 bits per heavy atom. The lowest BCUT2D eigenvalue weighted by molar-refractivity contribution is -0.344. The van der Waals surface area contributed by atoms with Gasteiger partial charge < -0.3 is 15.7 Å². The first-order valence-electron chi connectivity index (χ1n) is 8.32. The van der Waals surface area contributed by atoms with E-state index in [0.29, 0.717) is 5.32 Å². The van der Waals surface area contributed by atoms with Crippen LogP contribution in [0.4, 0.5) is 61.5 Å². The molecule has 0 saturated carbocycles. The van der Waals surface area contributed by atoms with E-state index in [9.17, 15) is 75.8 Å². The van der Waals surface area contributed by atoms with Crippen LogP contribution >= 0.6 is 0 Å². The summed E-state index contributed by atoms with van der Waals surface area (Å²) >= 11 is 0. The fourth-order valence-electron chi connectivity index (χ4n) is 1.93. The topological polar surface area (TPSA) is 95.5 Å². The Bertz CT molecular complexity index is 762. The summed E-state index contributed by atoms with van der Waals surface area (Å²) in [6, 6.07) is -2.55. The average molecular weight is 538 g/mol. The molecule has 0 aromatic rings. The van der Waals surface area contributed by atoms with Crippen molar-refractivity contribution in [3.05, 3.63) is 0 Å². The highest BCUT2D eigenvalue weighted by Crippen LogP contribution is 2.47. The van der Waals surface area contributed by atoms with Gasteiger partial charge in [-0.1, -0.05) is 0 Å². The Kier molecular flexibility index (Phi) is 9.21. The lowest BCUT2D eigenvalue weighted by atomic mass is 10.1. The van der Waals surface area contributed by atoms with Crippen LogP contribution in [0.15, 0.2) is 0 Å². The molecule has 0 aromatic heterocycles. The summed E-state index contributed by atoms with van der Waals surface area (Å²) in [6.45, 7) is -1.12. The monoisotopic (exact) mass is 538 g/mol. The van der Waals surface area contributed by atoms with Gasteiger partial charge in [0.25, 0.3) is 11.8 Å². The van der Waals surface area contributed by atoms with E-state index < -0.39 is 85.7 Å². The van der Waals surface area contributed by atoms with Crippen molar-refractivity contribution in [3.63, 3.8) is 0 Å². The quantitative estimate of drug-likeness (QED) is 0.277. The van der Waals surface area contributed by atoms with Gasteiger partial charge >= 0.3 is 42.0 Å². The molecule has 20 heteroatoms. The largest absolute Gasteiger partial charge is 0.480 e. The normalized spacial score (nSPS) is 15.0. The molecular formula is C14H12F14N2O4. The van der Waals surface area contributed by atoms with Crippen LogP contribution in [0.1, 0.15) is 19.3 Å². The zero-order valence-corrected chi connectivity index (χ0v) is 15.9. The van der Waals surface area contributed by atoms with Crippen LogP contribution in [-0.4, -0.2) is 71.5 Å². The summed E-state index contributed by atoms with van der Waals surface area (Å²) in [6.07, 6.45) is -16.2. The molecule has 6 nitrogen and oxygen atoms in total. The third-order valence-electron chi connectivity index (χ3n) is 3.88. The summed E-state index contributed by atoms with van der Waals surface area (Å²) < 4.78 is 175. The highest BCUT2D eigenvalue weighted by atomic mass is 19.4. The molecule has 34 heavy (non-hydrogen) atoms. The summed E-state index contributed by atoms with van der Waals surface area (Å²) in [5.74, 6) is -35.1. The number of rotatable bonds is 11. The van der Waals surface area contributed by atoms with E-state index >= 15 is 0 Å². The van der Waals surface area contributed by atoms with Gasteiger partial charge in [-0.15, -0.1) is 0 Å². The molecule has 0 heterocycles. The predicted molar refractivity (Wildman–Crippen MR) is 78.3 cm³/mol. The van der Waals surface area contributed by atoms with Gasteiger partial charge in [0, 0.05) is 6.54 Å². The van der Waals surface area contributed by atoms with E-state index in [1.807, 2.05) is 0 Å². The van der Waals surface area contributed by atoms with E-state index in [1.54, 1.807) is 0 Å². The number of carbonyl (C=O) groups excluding carboxylic acids is 2. The Hall–Kier alpha value is -2.57. The van der Waals surface area contributed by atoms with E-state index in [1.165, 1.54) is 0 Å². The van der Waals surface area contributed by atoms with Crippen molar-refractivity contribution in [3.8, 4) is 0 Å². The number of unbranched alkanes of at least 4 members (excludes halogenated alkanes) is 1.